The highest BCUT2D eigenvalue weighted by molar-refractivity contribution is 9.11. The molecule has 4 aromatic rings. The Morgan fingerprint density at radius 2 is 1.68 bits per heavy atom. The number of hydrazone groups is 1. The highest BCUT2D eigenvalue weighted by Gasteiger charge is 2.10. The van der Waals surface area contributed by atoms with Crippen LogP contribution in [-0.2, 0) is 17.8 Å². The first-order valence-corrected chi connectivity index (χ1v) is 12.5. The predicted molar refractivity (Wildman–Crippen MR) is 145 cm³/mol. The van der Waals surface area contributed by atoms with Crippen molar-refractivity contribution in [1.82, 2.24) is 5.43 Å². The molecule has 4 rings (SSSR count). The van der Waals surface area contributed by atoms with E-state index in [4.69, 9.17) is 4.74 Å². The molecule has 34 heavy (non-hydrogen) atoms. The quantitative estimate of drug-likeness (QED) is 0.185. The van der Waals surface area contributed by atoms with Crippen LogP contribution in [-0.4, -0.2) is 12.1 Å². The number of carbonyl (C=O) groups excluding carboxylic acids is 1. The molecule has 1 amide bonds. The summed E-state index contributed by atoms with van der Waals surface area (Å²) in [6, 6.07) is 24.4. The Morgan fingerprint density at radius 3 is 2.44 bits per heavy atom. The number of hydrogen-bond donors (Lipinski definition) is 1. The van der Waals surface area contributed by atoms with Crippen molar-refractivity contribution >= 4 is 54.8 Å². The minimum atomic E-state index is -0.156. The molecule has 0 atom stereocenters. The number of carbonyl (C=O) groups is 1. The van der Waals surface area contributed by atoms with Gasteiger partial charge in [0.2, 0.25) is 5.91 Å². The molecule has 0 fully saturated rings. The normalized spacial score (nSPS) is 11.2. The zero-order chi connectivity index (χ0) is 24.1. The monoisotopic (exact) mass is 578 g/mol. The Morgan fingerprint density at radius 1 is 0.941 bits per heavy atom. The van der Waals surface area contributed by atoms with Crippen molar-refractivity contribution in [3.8, 4) is 5.75 Å². The molecule has 0 aliphatic heterocycles. The molecule has 0 saturated heterocycles. The number of hydrogen-bond acceptors (Lipinski definition) is 3. The van der Waals surface area contributed by atoms with Gasteiger partial charge in [0.15, 0.2) is 0 Å². The van der Waals surface area contributed by atoms with E-state index in [2.05, 4.69) is 72.7 Å². The first-order valence-electron chi connectivity index (χ1n) is 10.9. The van der Waals surface area contributed by atoms with Gasteiger partial charge in [0.1, 0.15) is 12.4 Å². The smallest absolute Gasteiger partial charge is 0.244 e. The molecular weight excluding hydrogens is 556 g/mol. The van der Waals surface area contributed by atoms with E-state index in [0.717, 1.165) is 31.2 Å². The summed E-state index contributed by atoms with van der Waals surface area (Å²) >= 11 is 7.19. The maximum absolute atomic E-state index is 12.3. The molecule has 0 aliphatic rings. The van der Waals surface area contributed by atoms with Crippen molar-refractivity contribution in [3.05, 3.63) is 110 Å². The second-order valence-electron chi connectivity index (χ2n) is 8.14. The highest BCUT2D eigenvalue weighted by Crippen LogP contribution is 2.35. The van der Waals surface area contributed by atoms with E-state index in [1.165, 1.54) is 16.3 Å². The molecule has 0 radical (unpaired) electrons. The van der Waals surface area contributed by atoms with E-state index in [1.807, 2.05) is 56.3 Å². The zero-order valence-corrected chi connectivity index (χ0v) is 22.1. The Kier molecular flexibility index (Phi) is 7.80. The van der Waals surface area contributed by atoms with Gasteiger partial charge >= 0.3 is 0 Å². The van der Waals surface area contributed by atoms with Crippen molar-refractivity contribution in [2.45, 2.75) is 26.9 Å². The van der Waals surface area contributed by atoms with Crippen molar-refractivity contribution in [1.29, 1.82) is 0 Å². The molecular formula is C28H24Br2N2O2. The number of rotatable bonds is 7. The fourth-order valence-corrected chi connectivity index (χ4v) is 5.25. The minimum absolute atomic E-state index is 0.156. The van der Waals surface area contributed by atoms with Crippen molar-refractivity contribution in [2.24, 2.45) is 5.10 Å². The summed E-state index contributed by atoms with van der Waals surface area (Å²) in [4.78, 5) is 12.3. The summed E-state index contributed by atoms with van der Waals surface area (Å²) in [5, 5.41) is 6.48. The van der Waals surface area contributed by atoms with Crippen LogP contribution in [0.25, 0.3) is 10.8 Å². The van der Waals surface area contributed by atoms with Gasteiger partial charge < -0.3 is 4.74 Å². The molecule has 0 spiro atoms. The molecule has 4 nitrogen and oxygen atoms in total. The Balaban J connectivity index is 1.40. The molecule has 0 bridgehead atoms. The summed E-state index contributed by atoms with van der Waals surface area (Å²) in [5.74, 6) is 0.556. The lowest BCUT2D eigenvalue weighted by Crippen LogP contribution is -2.20. The minimum Gasteiger partial charge on any atom is -0.487 e. The number of fused-ring (bicyclic) bond motifs is 1. The number of aryl methyl sites for hydroxylation is 2. The van der Waals surface area contributed by atoms with Crippen molar-refractivity contribution < 1.29 is 9.53 Å². The Hall–Kier alpha value is -2.96. The maximum Gasteiger partial charge on any atom is 0.244 e. The summed E-state index contributed by atoms with van der Waals surface area (Å²) in [5.41, 5.74) is 7.83. The van der Waals surface area contributed by atoms with E-state index in [1.54, 1.807) is 6.21 Å². The molecule has 0 aliphatic carbocycles. The fourth-order valence-electron chi connectivity index (χ4n) is 3.80. The molecule has 1 N–H and O–H groups in total. The van der Waals surface area contributed by atoms with Crippen molar-refractivity contribution in [3.63, 3.8) is 0 Å². The van der Waals surface area contributed by atoms with Crippen LogP contribution in [0.4, 0.5) is 0 Å². The number of amides is 1. The van der Waals surface area contributed by atoms with Crippen LogP contribution in [0.2, 0.25) is 0 Å². The lowest BCUT2D eigenvalue weighted by molar-refractivity contribution is -0.120. The predicted octanol–water partition coefficient (Wildman–Crippen LogP) is 7.25. The third-order valence-electron chi connectivity index (χ3n) is 5.52. The summed E-state index contributed by atoms with van der Waals surface area (Å²) in [6.45, 7) is 4.50. The summed E-state index contributed by atoms with van der Waals surface area (Å²) < 4.78 is 7.73. The Bertz CT molecular complexity index is 1350. The van der Waals surface area contributed by atoms with Crippen LogP contribution >= 0.6 is 31.9 Å². The van der Waals surface area contributed by atoms with Gasteiger partial charge in [0, 0.05) is 0 Å². The zero-order valence-electron chi connectivity index (χ0n) is 18.9. The molecule has 0 saturated carbocycles. The van der Waals surface area contributed by atoms with Gasteiger partial charge in [-0.3, -0.25) is 4.79 Å². The van der Waals surface area contributed by atoms with Gasteiger partial charge in [-0.25, -0.2) is 5.43 Å². The van der Waals surface area contributed by atoms with E-state index in [0.29, 0.717) is 12.4 Å². The third-order valence-corrected chi connectivity index (χ3v) is 6.70. The largest absolute Gasteiger partial charge is 0.487 e. The van der Waals surface area contributed by atoms with Gasteiger partial charge in [-0.05, 0) is 90.9 Å². The average molecular weight is 580 g/mol. The average Bonchev–Trinajstić information content (AvgIpc) is 2.80. The van der Waals surface area contributed by atoms with Crippen LogP contribution in [0.1, 0.15) is 27.8 Å². The lowest BCUT2D eigenvalue weighted by atomic mass is 10.0. The standard InChI is InChI=1S/C28H24Br2N2O2/c1-18-10-11-22(19(2)12-18)15-27(33)32-31-16-20-13-25(29)28(26(30)14-20)34-17-23-8-5-7-21-6-3-4-9-24(21)23/h3-14,16H,15,17H2,1-2H3,(H,32,33)/b31-16+. The number of halogens is 2. The van der Waals surface area contributed by atoms with Crippen LogP contribution < -0.4 is 10.2 Å². The van der Waals surface area contributed by atoms with Crippen LogP contribution in [0.5, 0.6) is 5.75 Å². The number of nitrogens with one attached hydrogen (secondary N) is 1. The van der Waals surface area contributed by atoms with Crippen molar-refractivity contribution in [2.75, 3.05) is 0 Å². The molecule has 6 heteroatoms. The molecule has 0 unspecified atom stereocenters. The van der Waals surface area contributed by atoms with Gasteiger partial charge in [-0.2, -0.15) is 5.10 Å². The molecule has 0 heterocycles. The third kappa shape index (κ3) is 5.93. The molecule has 0 aromatic heterocycles. The van der Waals surface area contributed by atoms with E-state index in [9.17, 15) is 4.79 Å². The number of nitrogens with zero attached hydrogens (tertiary/aromatic N) is 1. The second kappa shape index (κ2) is 11.0. The van der Waals surface area contributed by atoms with Gasteiger partial charge in [0.05, 0.1) is 21.6 Å². The fraction of sp³-hybridized carbons (Fsp3) is 0.143. The molecule has 4 aromatic carbocycles. The van der Waals surface area contributed by atoms with E-state index < -0.39 is 0 Å². The molecule has 172 valence electrons. The topological polar surface area (TPSA) is 50.7 Å². The van der Waals surface area contributed by atoms with Crippen LogP contribution in [0, 0.1) is 13.8 Å². The van der Waals surface area contributed by atoms with Gasteiger partial charge in [-0.15, -0.1) is 0 Å². The lowest BCUT2D eigenvalue weighted by Gasteiger charge is -2.13. The highest BCUT2D eigenvalue weighted by atomic mass is 79.9. The Labute approximate surface area is 216 Å². The number of benzene rings is 4. The SMILES string of the molecule is Cc1ccc(CC(=O)N/N=C/c2cc(Br)c(OCc3cccc4ccccc34)c(Br)c2)c(C)c1. The van der Waals surface area contributed by atoms with E-state index >= 15 is 0 Å². The number of ether oxygens (including phenoxy) is 1. The maximum atomic E-state index is 12.3. The van der Waals surface area contributed by atoms with Crippen LogP contribution in [0.15, 0.2) is 86.8 Å². The van der Waals surface area contributed by atoms with Gasteiger partial charge in [-0.1, -0.05) is 66.2 Å². The first kappa shape index (κ1) is 24.2. The summed E-state index contributed by atoms with van der Waals surface area (Å²) in [6.07, 6.45) is 1.90. The van der Waals surface area contributed by atoms with Gasteiger partial charge in [0.25, 0.3) is 0 Å². The second-order valence-corrected chi connectivity index (χ2v) is 9.85. The van der Waals surface area contributed by atoms with Crippen LogP contribution in [0.3, 0.4) is 0 Å². The summed E-state index contributed by atoms with van der Waals surface area (Å²) in [7, 11) is 0. The first-order chi connectivity index (χ1) is 16.4. The van der Waals surface area contributed by atoms with E-state index in [-0.39, 0.29) is 12.3 Å².